The zero-order valence-corrected chi connectivity index (χ0v) is 9.87. The van der Waals surface area contributed by atoms with Crippen molar-refractivity contribution in [3.05, 3.63) is 16.1 Å². The molecule has 0 aliphatic carbocycles. The Kier molecular flexibility index (Phi) is 4.48. The molecule has 2 amide bonds. The number of carbonyl (C=O) groups is 2. The van der Waals surface area contributed by atoms with Crippen molar-refractivity contribution in [1.29, 1.82) is 0 Å². The van der Waals surface area contributed by atoms with Crippen LogP contribution in [0.1, 0.15) is 22.4 Å². The fraction of sp³-hybridized carbons (Fsp3) is 0.300. The number of hydrogen-bond donors (Lipinski definition) is 3. The second kappa shape index (κ2) is 5.86. The van der Waals surface area contributed by atoms with E-state index in [9.17, 15) is 9.59 Å². The summed E-state index contributed by atoms with van der Waals surface area (Å²) >= 11 is 1.17. The first-order valence-electron chi connectivity index (χ1n) is 4.71. The molecule has 0 radical (unpaired) electrons. The summed E-state index contributed by atoms with van der Waals surface area (Å²) in [5.74, 6) is 1.27. The number of nitrogens with one attached hydrogen (secondary N) is 2. The molecule has 0 saturated carbocycles. The molecule has 0 spiro atoms. The molecule has 0 saturated heterocycles. The smallest absolute Gasteiger partial charge is 0.355 e. The van der Waals surface area contributed by atoms with Gasteiger partial charge in [0.1, 0.15) is 5.01 Å². The van der Waals surface area contributed by atoms with Gasteiger partial charge in [0.05, 0.1) is 12.6 Å². The zero-order valence-electron chi connectivity index (χ0n) is 9.06. The standard InChI is InChI=1S/C10H11N3O3S/c1-3-6(2)12-10(16)11-4-8-13-7(5-17-8)9(14)15/h1,5-6H,4H2,2H3,(H,14,15)(H2,11,12,16). The Balaban J connectivity index is 2.42. The first kappa shape index (κ1) is 13.0. The van der Waals surface area contributed by atoms with Crippen molar-refractivity contribution in [2.45, 2.75) is 19.5 Å². The number of aromatic carboxylic acids is 1. The molecule has 7 heteroatoms. The van der Waals surface area contributed by atoms with E-state index in [2.05, 4.69) is 21.5 Å². The highest BCUT2D eigenvalue weighted by molar-refractivity contribution is 7.09. The summed E-state index contributed by atoms with van der Waals surface area (Å²) in [6.45, 7) is 1.84. The summed E-state index contributed by atoms with van der Waals surface area (Å²) in [6.07, 6.45) is 5.10. The highest BCUT2D eigenvalue weighted by Crippen LogP contribution is 2.09. The van der Waals surface area contributed by atoms with Gasteiger partial charge in [0, 0.05) is 5.38 Å². The van der Waals surface area contributed by atoms with Gasteiger partial charge in [-0.2, -0.15) is 0 Å². The fourth-order valence-corrected chi connectivity index (χ4v) is 1.64. The van der Waals surface area contributed by atoms with Crippen molar-refractivity contribution in [3.63, 3.8) is 0 Å². The van der Waals surface area contributed by atoms with E-state index in [1.165, 1.54) is 16.7 Å². The van der Waals surface area contributed by atoms with Gasteiger partial charge >= 0.3 is 12.0 Å². The molecule has 1 unspecified atom stereocenters. The number of nitrogens with zero attached hydrogens (tertiary/aromatic N) is 1. The highest BCUT2D eigenvalue weighted by atomic mass is 32.1. The number of rotatable bonds is 4. The summed E-state index contributed by atoms with van der Waals surface area (Å²) in [5, 5.41) is 15.6. The van der Waals surface area contributed by atoms with E-state index in [4.69, 9.17) is 11.5 Å². The first-order chi connectivity index (χ1) is 8.02. The number of carbonyl (C=O) groups excluding carboxylic acids is 1. The second-order valence-corrected chi connectivity index (χ2v) is 4.09. The Bertz CT molecular complexity index is 464. The van der Waals surface area contributed by atoms with E-state index in [1.807, 2.05) is 0 Å². The number of carboxylic acid groups (broad SMARTS) is 1. The Labute approximate surface area is 102 Å². The topological polar surface area (TPSA) is 91.3 Å². The quantitative estimate of drug-likeness (QED) is 0.687. The maximum absolute atomic E-state index is 11.3. The summed E-state index contributed by atoms with van der Waals surface area (Å²) in [5.41, 5.74) is -0.0239. The third-order valence-corrected chi connectivity index (χ3v) is 2.62. The van der Waals surface area contributed by atoms with Gasteiger partial charge in [-0.05, 0) is 6.92 Å². The molecule has 0 fully saturated rings. The van der Waals surface area contributed by atoms with Crippen molar-refractivity contribution in [1.82, 2.24) is 15.6 Å². The van der Waals surface area contributed by atoms with Crippen LogP contribution < -0.4 is 10.6 Å². The minimum atomic E-state index is -1.09. The van der Waals surface area contributed by atoms with Gasteiger partial charge in [-0.1, -0.05) is 5.92 Å². The maximum Gasteiger partial charge on any atom is 0.355 e. The number of hydrogen-bond acceptors (Lipinski definition) is 4. The number of terminal acetylenes is 1. The van der Waals surface area contributed by atoms with E-state index in [0.717, 1.165) is 0 Å². The second-order valence-electron chi connectivity index (χ2n) is 3.15. The van der Waals surface area contributed by atoms with E-state index < -0.39 is 12.0 Å². The van der Waals surface area contributed by atoms with Gasteiger partial charge in [-0.3, -0.25) is 0 Å². The molecule has 1 atom stereocenters. The third kappa shape index (κ3) is 4.12. The molecule has 0 bridgehead atoms. The Morgan fingerprint density at radius 2 is 2.41 bits per heavy atom. The van der Waals surface area contributed by atoms with Gasteiger partial charge in [0.2, 0.25) is 0 Å². The number of aromatic nitrogens is 1. The lowest BCUT2D eigenvalue weighted by Crippen LogP contribution is -2.39. The van der Waals surface area contributed by atoms with Crippen LogP contribution in [0.15, 0.2) is 5.38 Å². The lowest BCUT2D eigenvalue weighted by molar-refractivity contribution is 0.0691. The van der Waals surface area contributed by atoms with Crippen molar-refractivity contribution >= 4 is 23.3 Å². The predicted octanol–water partition coefficient (Wildman–Crippen LogP) is 0.662. The van der Waals surface area contributed by atoms with Gasteiger partial charge in [0.25, 0.3) is 0 Å². The molecular formula is C10H11N3O3S. The lowest BCUT2D eigenvalue weighted by atomic mass is 10.4. The van der Waals surface area contributed by atoms with E-state index in [0.29, 0.717) is 5.01 Å². The van der Waals surface area contributed by atoms with Crippen LogP contribution >= 0.6 is 11.3 Å². The monoisotopic (exact) mass is 253 g/mol. The van der Waals surface area contributed by atoms with Crippen molar-refractivity contribution < 1.29 is 14.7 Å². The predicted molar refractivity (Wildman–Crippen MR) is 62.7 cm³/mol. The molecule has 17 heavy (non-hydrogen) atoms. The Morgan fingerprint density at radius 3 is 2.94 bits per heavy atom. The van der Waals surface area contributed by atoms with Gasteiger partial charge in [0.15, 0.2) is 5.69 Å². The van der Waals surface area contributed by atoms with Crippen LogP contribution in [-0.2, 0) is 6.54 Å². The number of carboxylic acids is 1. The third-order valence-electron chi connectivity index (χ3n) is 1.77. The summed E-state index contributed by atoms with van der Waals surface area (Å²) in [7, 11) is 0. The lowest BCUT2D eigenvalue weighted by Gasteiger charge is -2.08. The molecule has 6 nitrogen and oxygen atoms in total. The van der Waals surface area contributed by atoms with Gasteiger partial charge < -0.3 is 15.7 Å². The minimum absolute atomic E-state index is 0.0239. The summed E-state index contributed by atoms with van der Waals surface area (Å²) in [6, 6.07) is -0.775. The molecular weight excluding hydrogens is 242 g/mol. The van der Waals surface area contributed by atoms with Crippen molar-refractivity contribution in [2.24, 2.45) is 0 Å². The van der Waals surface area contributed by atoms with Crippen LogP contribution in [0.25, 0.3) is 0 Å². The number of thiazole rings is 1. The zero-order chi connectivity index (χ0) is 12.8. The highest BCUT2D eigenvalue weighted by Gasteiger charge is 2.09. The molecule has 1 aromatic rings. The normalized spacial score (nSPS) is 11.3. The van der Waals surface area contributed by atoms with Gasteiger partial charge in [-0.25, -0.2) is 14.6 Å². The summed E-state index contributed by atoms with van der Waals surface area (Å²) < 4.78 is 0. The molecule has 1 aromatic heterocycles. The van der Waals surface area contributed by atoms with E-state index >= 15 is 0 Å². The molecule has 0 aliphatic heterocycles. The molecule has 0 aliphatic rings. The minimum Gasteiger partial charge on any atom is -0.476 e. The van der Waals surface area contributed by atoms with Crippen LogP contribution in [0.3, 0.4) is 0 Å². The van der Waals surface area contributed by atoms with Crippen LogP contribution in [0, 0.1) is 12.3 Å². The van der Waals surface area contributed by atoms with Gasteiger partial charge in [-0.15, -0.1) is 17.8 Å². The number of amides is 2. The molecule has 1 heterocycles. The molecule has 1 rings (SSSR count). The average Bonchev–Trinajstić information content (AvgIpc) is 2.75. The summed E-state index contributed by atoms with van der Waals surface area (Å²) in [4.78, 5) is 25.6. The SMILES string of the molecule is C#CC(C)NC(=O)NCc1nc(C(=O)O)cs1. The maximum atomic E-state index is 11.3. The first-order valence-corrected chi connectivity index (χ1v) is 5.59. The largest absolute Gasteiger partial charge is 0.476 e. The molecule has 0 aromatic carbocycles. The van der Waals surface area contributed by atoms with E-state index in [1.54, 1.807) is 6.92 Å². The van der Waals surface area contributed by atoms with Crippen LogP contribution in [0.4, 0.5) is 4.79 Å². The number of urea groups is 1. The molecule has 3 N–H and O–H groups in total. The fourth-order valence-electron chi connectivity index (χ4n) is 0.936. The van der Waals surface area contributed by atoms with Crippen LogP contribution in [0.5, 0.6) is 0 Å². The van der Waals surface area contributed by atoms with Crippen molar-refractivity contribution in [3.8, 4) is 12.3 Å². The Morgan fingerprint density at radius 1 is 1.71 bits per heavy atom. The Hall–Kier alpha value is -2.07. The van der Waals surface area contributed by atoms with Crippen LogP contribution in [-0.4, -0.2) is 28.1 Å². The van der Waals surface area contributed by atoms with Crippen molar-refractivity contribution in [2.75, 3.05) is 0 Å². The van der Waals surface area contributed by atoms with E-state index in [-0.39, 0.29) is 18.3 Å². The average molecular weight is 253 g/mol. The van der Waals surface area contributed by atoms with Crippen LogP contribution in [0.2, 0.25) is 0 Å². The molecule has 90 valence electrons.